The molecule has 0 unspecified atom stereocenters. The molecule has 0 spiro atoms. The molecule has 0 bridgehead atoms. The van der Waals surface area contributed by atoms with Gasteiger partial charge >= 0.3 is 0 Å². The van der Waals surface area contributed by atoms with Gasteiger partial charge in [-0.2, -0.15) is 0 Å². The zero-order chi connectivity index (χ0) is 9.80. The quantitative estimate of drug-likeness (QED) is 0.692. The highest BCUT2D eigenvalue weighted by atomic mass is 14.9. The monoisotopic (exact) mass is 186 g/mol. The zero-order valence-electron chi connectivity index (χ0n) is 7.93. The highest BCUT2D eigenvalue weighted by molar-refractivity contribution is 5.46. The van der Waals surface area contributed by atoms with Gasteiger partial charge in [-0.25, -0.2) is 0 Å². The molecule has 0 fully saturated rings. The fraction of sp³-hybridized carbons (Fsp3) is 0.167. The van der Waals surface area contributed by atoms with Crippen molar-refractivity contribution in [1.82, 2.24) is 0 Å². The number of rotatable bonds is 2. The lowest BCUT2D eigenvalue weighted by Crippen LogP contribution is -2.22. The minimum atomic E-state index is 0.0730. The molecule has 0 saturated heterocycles. The SMILES string of the molecule is NC1C=CC(Nc2ccccc2)C=C1. The van der Waals surface area contributed by atoms with Gasteiger partial charge in [0.15, 0.2) is 0 Å². The lowest BCUT2D eigenvalue weighted by Gasteiger charge is -2.16. The van der Waals surface area contributed by atoms with Gasteiger partial charge in [-0.15, -0.1) is 0 Å². The van der Waals surface area contributed by atoms with E-state index in [9.17, 15) is 0 Å². The number of hydrogen-bond donors (Lipinski definition) is 2. The number of anilines is 1. The topological polar surface area (TPSA) is 38.0 Å². The second-order valence-electron chi connectivity index (χ2n) is 3.38. The first-order chi connectivity index (χ1) is 6.84. The Labute approximate surface area is 84.1 Å². The van der Waals surface area contributed by atoms with Crippen molar-refractivity contribution in [3.8, 4) is 0 Å². The van der Waals surface area contributed by atoms with Crippen LogP contribution >= 0.6 is 0 Å². The summed E-state index contributed by atoms with van der Waals surface area (Å²) in [5.41, 5.74) is 6.82. The lowest BCUT2D eigenvalue weighted by atomic mass is 10.1. The van der Waals surface area contributed by atoms with Crippen molar-refractivity contribution < 1.29 is 0 Å². The molecule has 1 aliphatic rings. The number of nitrogens with one attached hydrogen (secondary N) is 1. The molecule has 1 aromatic rings. The fourth-order valence-corrected chi connectivity index (χ4v) is 1.45. The van der Waals surface area contributed by atoms with Crippen molar-refractivity contribution in [2.24, 2.45) is 5.73 Å². The number of benzene rings is 1. The normalized spacial score (nSPS) is 24.9. The van der Waals surface area contributed by atoms with Crippen molar-refractivity contribution >= 4 is 5.69 Å². The summed E-state index contributed by atoms with van der Waals surface area (Å²) in [5.74, 6) is 0. The molecule has 0 radical (unpaired) electrons. The number of para-hydroxylation sites is 1. The summed E-state index contributed by atoms with van der Waals surface area (Å²) in [6.07, 6.45) is 8.16. The molecule has 2 heteroatoms. The van der Waals surface area contributed by atoms with Gasteiger partial charge < -0.3 is 11.1 Å². The van der Waals surface area contributed by atoms with Gasteiger partial charge in [0.25, 0.3) is 0 Å². The second-order valence-corrected chi connectivity index (χ2v) is 3.38. The van der Waals surface area contributed by atoms with Crippen LogP contribution in [0.2, 0.25) is 0 Å². The van der Waals surface area contributed by atoms with Crippen LogP contribution in [0.4, 0.5) is 5.69 Å². The summed E-state index contributed by atoms with van der Waals surface area (Å²) in [4.78, 5) is 0. The van der Waals surface area contributed by atoms with E-state index in [4.69, 9.17) is 5.73 Å². The molecule has 0 amide bonds. The Kier molecular flexibility index (Phi) is 2.65. The summed E-state index contributed by atoms with van der Waals surface area (Å²) in [7, 11) is 0. The van der Waals surface area contributed by atoms with Crippen LogP contribution in [0.1, 0.15) is 0 Å². The van der Waals surface area contributed by atoms with E-state index in [0.717, 1.165) is 5.69 Å². The molecule has 3 N–H and O–H groups in total. The first-order valence-corrected chi connectivity index (χ1v) is 4.78. The third-order valence-corrected chi connectivity index (χ3v) is 2.19. The molecule has 0 aliphatic heterocycles. The maximum atomic E-state index is 5.69. The summed E-state index contributed by atoms with van der Waals surface area (Å²) in [6.45, 7) is 0. The van der Waals surface area contributed by atoms with Crippen LogP contribution < -0.4 is 11.1 Å². The second kappa shape index (κ2) is 4.11. The van der Waals surface area contributed by atoms with Gasteiger partial charge in [0.1, 0.15) is 0 Å². The Morgan fingerprint density at radius 3 is 2.21 bits per heavy atom. The molecule has 2 rings (SSSR count). The average Bonchev–Trinajstić information content (AvgIpc) is 2.23. The van der Waals surface area contributed by atoms with Crippen molar-refractivity contribution in [1.29, 1.82) is 0 Å². The van der Waals surface area contributed by atoms with Gasteiger partial charge in [-0.1, -0.05) is 42.5 Å². The Balaban J connectivity index is 2.00. The molecular weight excluding hydrogens is 172 g/mol. The van der Waals surface area contributed by atoms with Crippen molar-refractivity contribution in [2.75, 3.05) is 5.32 Å². The molecule has 1 aromatic carbocycles. The Morgan fingerprint density at radius 2 is 1.57 bits per heavy atom. The summed E-state index contributed by atoms with van der Waals surface area (Å²) in [5, 5.41) is 3.37. The van der Waals surface area contributed by atoms with Crippen LogP contribution in [-0.4, -0.2) is 12.1 Å². The third kappa shape index (κ3) is 2.24. The predicted molar refractivity (Wildman–Crippen MR) is 60.1 cm³/mol. The largest absolute Gasteiger partial charge is 0.375 e. The van der Waals surface area contributed by atoms with E-state index in [1.54, 1.807) is 0 Å². The smallest absolute Gasteiger partial charge is 0.0629 e. The molecule has 14 heavy (non-hydrogen) atoms. The van der Waals surface area contributed by atoms with Crippen molar-refractivity contribution in [3.63, 3.8) is 0 Å². The van der Waals surface area contributed by atoms with Crippen LogP contribution in [0.3, 0.4) is 0 Å². The maximum absolute atomic E-state index is 5.69. The number of hydrogen-bond acceptors (Lipinski definition) is 2. The van der Waals surface area contributed by atoms with Gasteiger partial charge in [0.2, 0.25) is 0 Å². The summed E-state index contributed by atoms with van der Waals surface area (Å²) in [6, 6.07) is 10.5. The standard InChI is InChI=1S/C12H14N2/c13-10-6-8-12(9-7-10)14-11-4-2-1-3-5-11/h1-10,12,14H,13H2. The Morgan fingerprint density at radius 1 is 0.929 bits per heavy atom. The minimum absolute atomic E-state index is 0.0730. The first kappa shape index (κ1) is 9.03. The molecule has 1 aliphatic carbocycles. The Bertz CT molecular complexity index is 327. The predicted octanol–water partition coefficient (Wildman–Crippen LogP) is 1.92. The van der Waals surface area contributed by atoms with E-state index in [-0.39, 0.29) is 12.1 Å². The average molecular weight is 186 g/mol. The van der Waals surface area contributed by atoms with E-state index in [1.807, 2.05) is 30.4 Å². The van der Waals surface area contributed by atoms with Crippen molar-refractivity contribution in [2.45, 2.75) is 12.1 Å². The fourth-order valence-electron chi connectivity index (χ4n) is 1.45. The first-order valence-electron chi connectivity index (χ1n) is 4.78. The molecule has 72 valence electrons. The van der Waals surface area contributed by atoms with Crippen LogP contribution in [0, 0.1) is 0 Å². The maximum Gasteiger partial charge on any atom is 0.0629 e. The van der Waals surface area contributed by atoms with Crippen LogP contribution in [-0.2, 0) is 0 Å². The highest BCUT2D eigenvalue weighted by Crippen LogP contribution is 2.10. The third-order valence-electron chi connectivity index (χ3n) is 2.19. The zero-order valence-corrected chi connectivity index (χ0v) is 7.93. The van der Waals surface area contributed by atoms with E-state index < -0.39 is 0 Å². The van der Waals surface area contributed by atoms with Gasteiger partial charge in [-0.3, -0.25) is 0 Å². The summed E-state index contributed by atoms with van der Waals surface area (Å²) >= 11 is 0. The molecule has 0 saturated carbocycles. The summed E-state index contributed by atoms with van der Waals surface area (Å²) < 4.78 is 0. The van der Waals surface area contributed by atoms with Gasteiger partial charge in [-0.05, 0) is 12.1 Å². The molecule has 0 aromatic heterocycles. The molecule has 0 heterocycles. The van der Waals surface area contributed by atoms with E-state index >= 15 is 0 Å². The van der Waals surface area contributed by atoms with E-state index in [2.05, 4.69) is 29.6 Å². The van der Waals surface area contributed by atoms with Crippen LogP contribution in [0.15, 0.2) is 54.6 Å². The number of nitrogens with two attached hydrogens (primary N) is 1. The van der Waals surface area contributed by atoms with Crippen molar-refractivity contribution in [3.05, 3.63) is 54.6 Å². The van der Waals surface area contributed by atoms with Crippen LogP contribution in [0.25, 0.3) is 0 Å². The molecule has 2 nitrogen and oxygen atoms in total. The molecular formula is C12H14N2. The van der Waals surface area contributed by atoms with Crippen LogP contribution in [0.5, 0.6) is 0 Å². The lowest BCUT2D eigenvalue weighted by molar-refractivity contribution is 0.954. The van der Waals surface area contributed by atoms with E-state index in [0.29, 0.717) is 0 Å². The van der Waals surface area contributed by atoms with E-state index in [1.165, 1.54) is 0 Å². The Hall–Kier alpha value is -1.54. The van der Waals surface area contributed by atoms with Gasteiger partial charge in [0.05, 0.1) is 6.04 Å². The van der Waals surface area contributed by atoms with Gasteiger partial charge in [0, 0.05) is 11.7 Å². The molecule has 0 atom stereocenters. The minimum Gasteiger partial charge on any atom is -0.375 e. The highest BCUT2D eigenvalue weighted by Gasteiger charge is 2.05.